The first-order chi connectivity index (χ1) is 7.88. The second-order valence-electron chi connectivity index (χ2n) is 4.61. The number of rotatable bonds is 5. The maximum Gasteiger partial charge on any atom is 0.0947 e. The van der Waals surface area contributed by atoms with E-state index in [1.807, 2.05) is 6.26 Å². The second-order valence-corrected chi connectivity index (χ2v) is 4.61. The minimum atomic E-state index is 0.681. The van der Waals surface area contributed by atoms with E-state index in [9.17, 15) is 0 Å². The molecule has 90 valence electrons. The molecule has 2 heterocycles. The van der Waals surface area contributed by atoms with Crippen molar-refractivity contribution in [1.29, 1.82) is 0 Å². The van der Waals surface area contributed by atoms with E-state index in [-0.39, 0.29) is 0 Å². The maximum absolute atomic E-state index is 5.11. The Hall–Kier alpha value is -0.800. The number of hydrogen-bond acceptors (Lipinski definition) is 3. The van der Waals surface area contributed by atoms with Crippen molar-refractivity contribution in [3.63, 3.8) is 0 Å². The highest BCUT2D eigenvalue weighted by Crippen LogP contribution is 2.11. The molecule has 0 radical (unpaired) electrons. The van der Waals surface area contributed by atoms with Crippen LogP contribution in [0, 0.1) is 0 Å². The fourth-order valence-electron chi connectivity index (χ4n) is 2.34. The van der Waals surface area contributed by atoms with Gasteiger partial charge in [0.05, 0.1) is 12.5 Å². The lowest BCUT2D eigenvalue weighted by atomic mass is 10.0. The molecule has 1 aliphatic heterocycles. The third kappa shape index (κ3) is 3.35. The number of furan rings is 1. The quantitative estimate of drug-likeness (QED) is 0.828. The first kappa shape index (κ1) is 11.7. The number of nitrogens with one attached hydrogen (secondary N) is 1. The highest BCUT2D eigenvalue weighted by atomic mass is 16.3. The number of hydrogen-bond donors (Lipinski definition) is 1. The molecule has 1 aliphatic rings. The summed E-state index contributed by atoms with van der Waals surface area (Å²) in [6.45, 7) is 6.67. The van der Waals surface area contributed by atoms with Gasteiger partial charge in [-0.3, -0.25) is 4.90 Å². The molecule has 3 heteroatoms. The zero-order valence-corrected chi connectivity index (χ0v) is 10.1. The summed E-state index contributed by atoms with van der Waals surface area (Å²) in [6.07, 6.45) is 7.63. The number of likely N-dealkylation sites (N-methyl/N-ethyl adjacent to an activating group) is 1. The first-order valence-corrected chi connectivity index (χ1v) is 6.35. The van der Waals surface area contributed by atoms with Gasteiger partial charge >= 0.3 is 0 Å². The van der Waals surface area contributed by atoms with Crippen molar-refractivity contribution < 1.29 is 4.42 Å². The predicted octanol–water partition coefficient (Wildman–Crippen LogP) is 2.24. The van der Waals surface area contributed by atoms with E-state index in [0.717, 1.165) is 19.6 Å². The Morgan fingerprint density at radius 2 is 2.44 bits per heavy atom. The van der Waals surface area contributed by atoms with Gasteiger partial charge in [0.1, 0.15) is 0 Å². The smallest absolute Gasteiger partial charge is 0.0947 e. The van der Waals surface area contributed by atoms with Gasteiger partial charge in [-0.1, -0.05) is 13.3 Å². The van der Waals surface area contributed by atoms with Gasteiger partial charge in [0.25, 0.3) is 0 Å². The summed E-state index contributed by atoms with van der Waals surface area (Å²) >= 11 is 0. The summed E-state index contributed by atoms with van der Waals surface area (Å²) in [5.41, 5.74) is 1.28. The molecule has 1 saturated heterocycles. The van der Waals surface area contributed by atoms with E-state index in [1.54, 1.807) is 6.26 Å². The van der Waals surface area contributed by atoms with E-state index in [0.29, 0.717) is 6.04 Å². The molecule has 2 rings (SSSR count). The molecule has 0 amide bonds. The average Bonchev–Trinajstić information content (AvgIpc) is 2.82. The van der Waals surface area contributed by atoms with Gasteiger partial charge in [0.2, 0.25) is 0 Å². The van der Waals surface area contributed by atoms with Gasteiger partial charge in [-0.25, -0.2) is 0 Å². The molecule has 0 saturated carbocycles. The third-order valence-corrected chi connectivity index (χ3v) is 3.32. The number of piperidine rings is 1. The molecule has 1 fully saturated rings. The van der Waals surface area contributed by atoms with Crippen LogP contribution < -0.4 is 5.32 Å². The molecule has 1 N–H and O–H groups in total. The summed E-state index contributed by atoms with van der Waals surface area (Å²) in [6, 6.07) is 2.73. The average molecular weight is 222 g/mol. The van der Waals surface area contributed by atoms with Crippen molar-refractivity contribution in [2.75, 3.05) is 19.6 Å². The van der Waals surface area contributed by atoms with Gasteiger partial charge < -0.3 is 9.73 Å². The molecule has 0 aliphatic carbocycles. The Balaban J connectivity index is 1.80. The highest BCUT2D eigenvalue weighted by Gasteiger charge is 2.15. The Kier molecular flexibility index (Phi) is 4.43. The van der Waals surface area contributed by atoms with Crippen LogP contribution in [-0.2, 0) is 6.54 Å². The van der Waals surface area contributed by atoms with Gasteiger partial charge in [-0.05, 0) is 32.0 Å². The topological polar surface area (TPSA) is 28.4 Å². The lowest BCUT2D eigenvalue weighted by Gasteiger charge is -2.29. The lowest BCUT2D eigenvalue weighted by molar-refractivity contribution is 0.226. The maximum atomic E-state index is 5.11. The van der Waals surface area contributed by atoms with Crippen LogP contribution in [0.5, 0.6) is 0 Å². The highest BCUT2D eigenvalue weighted by molar-refractivity contribution is 5.04. The van der Waals surface area contributed by atoms with Crippen LogP contribution in [0.15, 0.2) is 23.0 Å². The SMILES string of the molecule is CCN(Cc1ccoc1)CC1CCCCN1. The molecule has 0 aromatic carbocycles. The molecular formula is C13H22N2O. The van der Waals surface area contributed by atoms with Gasteiger partial charge in [0, 0.05) is 24.7 Å². The normalized spacial score (nSPS) is 21.5. The van der Waals surface area contributed by atoms with E-state index < -0.39 is 0 Å². The Morgan fingerprint density at radius 1 is 1.50 bits per heavy atom. The third-order valence-electron chi connectivity index (χ3n) is 3.32. The first-order valence-electron chi connectivity index (χ1n) is 6.35. The summed E-state index contributed by atoms with van der Waals surface area (Å²) in [7, 11) is 0. The molecule has 16 heavy (non-hydrogen) atoms. The Labute approximate surface area is 97.8 Å². The fraction of sp³-hybridized carbons (Fsp3) is 0.692. The van der Waals surface area contributed by atoms with Crippen molar-refractivity contribution in [3.05, 3.63) is 24.2 Å². The monoisotopic (exact) mass is 222 g/mol. The summed E-state index contributed by atoms with van der Waals surface area (Å²) in [4.78, 5) is 2.48. The minimum absolute atomic E-state index is 0.681. The van der Waals surface area contributed by atoms with E-state index in [4.69, 9.17) is 4.42 Å². The fourth-order valence-corrected chi connectivity index (χ4v) is 2.34. The van der Waals surface area contributed by atoms with E-state index >= 15 is 0 Å². The largest absolute Gasteiger partial charge is 0.472 e. The molecule has 1 unspecified atom stereocenters. The van der Waals surface area contributed by atoms with Gasteiger partial charge in [-0.15, -0.1) is 0 Å². The zero-order valence-electron chi connectivity index (χ0n) is 10.1. The predicted molar refractivity (Wildman–Crippen MR) is 65.3 cm³/mol. The van der Waals surface area contributed by atoms with Gasteiger partial charge in [0.15, 0.2) is 0 Å². The molecular weight excluding hydrogens is 200 g/mol. The van der Waals surface area contributed by atoms with Crippen LogP contribution in [0.2, 0.25) is 0 Å². The summed E-state index contributed by atoms with van der Waals surface area (Å²) in [5, 5.41) is 3.60. The minimum Gasteiger partial charge on any atom is -0.472 e. The van der Waals surface area contributed by atoms with Crippen molar-refractivity contribution in [2.45, 2.75) is 38.8 Å². The second kappa shape index (κ2) is 6.06. The Bertz CT molecular complexity index is 278. The standard InChI is InChI=1S/C13H22N2O/c1-2-15(9-12-6-8-16-11-12)10-13-5-3-4-7-14-13/h6,8,11,13-14H,2-5,7,9-10H2,1H3. The van der Waals surface area contributed by atoms with Crippen molar-refractivity contribution >= 4 is 0 Å². The lowest BCUT2D eigenvalue weighted by Crippen LogP contribution is -2.43. The molecule has 3 nitrogen and oxygen atoms in total. The van der Waals surface area contributed by atoms with E-state index in [1.165, 1.54) is 31.4 Å². The molecule has 1 aromatic rings. The molecule has 0 spiro atoms. The van der Waals surface area contributed by atoms with Crippen molar-refractivity contribution in [2.24, 2.45) is 0 Å². The van der Waals surface area contributed by atoms with Crippen LogP contribution in [0.3, 0.4) is 0 Å². The van der Waals surface area contributed by atoms with Crippen LogP contribution in [0.4, 0.5) is 0 Å². The van der Waals surface area contributed by atoms with Crippen molar-refractivity contribution in [1.82, 2.24) is 10.2 Å². The molecule has 1 aromatic heterocycles. The molecule has 0 bridgehead atoms. The van der Waals surface area contributed by atoms with Crippen LogP contribution >= 0.6 is 0 Å². The van der Waals surface area contributed by atoms with Crippen LogP contribution in [0.25, 0.3) is 0 Å². The Morgan fingerprint density at radius 3 is 3.06 bits per heavy atom. The van der Waals surface area contributed by atoms with E-state index in [2.05, 4.69) is 23.2 Å². The zero-order chi connectivity index (χ0) is 11.2. The molecule has 1 atom stereocenters. The summed E-state index contributed by atoms with van der Waals surface area (Å²) in [5.74, 6) is 0. The van der Waals surface area contributed by atoms with Gasteiger partial charge in [-0.2, -0.15) is 0 Å². The number of nitrogens with zero attached hydrogens (tertiary/aromatic N) is 1. The van der Waals surface area contributed by atoms with Crippen molar-refractivity contribution in [3.8, 4) is 0 Å². The van der Waals surface area contributed by atoms with Crippen LogP contribution in [0.1, 0.15) is 31.7 Å². The van der Waals surface area contributed by atoms with Crippen LogP contribution in [-0.4, -0.2) is 30.6 Å². The summed E-state index contributed by atoms with van der Waals surface area (Å²) < 4.78 is 5.11.